The number of aliphatic hydroxyl groups is 1. The highest BCUT2D eigenvalue weighted by atomic mass is 31.2. The van der Waals surface area contributed by atoms with Crippen LogP contribution < -0.4 is 0 Å². The fraction of sp³-hybridized carbons (Fsp3) is 0.959. The summed E-state index contributed by atoms with van der Waals surface area (Å²) in [5.41, 5.74) is 0. The maximum atomic E-state index is 13.2. The summed E-state index contributed by atoms with van der Waals surface area (Å²) in [6, 6.07) is 0. The van der Waals surface area contributed by atoms with Gasteiger partial charge in [-0.15, -0.1) is 0 Å². The van der Waals surface area contributed by atoms with Crippen LogP contribution in [0.25, 0.3) is 0 Å². The number of ether oxygens (including phenoxy) is 4. The number of hydrogen-bond donors (Lipinski definition) is 3. The number of carbonyl (C=O) groups excluding carboxylic acids is 4. The molecule has 0 aliphatic rings. The summed E-state index contributed by atoms with van der Waals surface area (Å²) in [4.78, 5) is 73.6. The van der Waals surface area contributed by atoms with Crippen molar-refractivity contribution in [2.75, 3.05) is 39.6 Å². The zero-order valence-corrected chi connectivity index (χ0v) is 78.4. The first-order chi connectivity index (χ1) is 56.5. The summed E-state index contributed by atoms with van der Waals surface area (Å²) in [5, 5.41) is 10.7. The molecular formula is C97H190O17P2. The largest absolute Gasteiger partial charge is 0.472 e. The molecule has 0 heterocycles. The van der Waals surface area contributed by atoms with Crippen LogP contribution in [0.15, 0.2) is 0 Å². The lowest BCUT2D eigenvalue weighted by molar-refractivity contribution is -0.161. The van der Waals surface area contributed by atoms with Gasteiger partial charge in [0, 0.05) is 25.7 Å². The Morgan fingerprint density at radius 1 is 0.233 bits per heavy atom. The first kappa shape index (κ1) is 114. The maximum absolute atomic E-state index is 13.2. The van der Waals surface area contributed by atoms with Crippen molar-refractivity contribution in [1.29, 1.82) is 0 Å². The molecule has 0 fully saturated rings. The van der Waals surface area contributed by atoms with Crippen LogP contribution >= 0.6 is 15.6 Å². The van der Waals surface area contributed by atoms with E-state index in [0.29, 0.717) is 25.7 Å². The zero-order valence-electron chi connectivity index (χ0n) is 76.7. The van der Waals surface area contributed by atoms with E-state index in [9.17, 15) is 43.2 Å². The van der Waals surface area contributed by atoms with Gasteiger partial charge < -0.3 is 33.8 Å². The Bertz CT molecular complexity index is 2190. The molecule has 5 atom stereocenters. The quantitative estimate of drug-likeness (QED) is 0.0222. The summed E-state index contributed by atoms with van der Waals surface area (Å²) < 4.78 is 69.3. The van der Waals surface area contributed by atoms with Gasteiger partial charge in [0.2, 0.25) is 0 Å². The van der Waals surface area contributed by atoms with Crippen LogP contribution in [0.4, 0.5) is 0 Å². The number of carbonyl (C=O) groups is 4. The van der Waals surface area contributed by atoms with Gasteiger partial charge >= 0.3 is 39.5 Å². The van der Waals surface area contributed by atoms with E-state index in [1.807, 2.05) is 0 Å². The second kappa shape index (κ2) is 89.3. The number of aliphatic hydroxyl groups excluding tert-OH is 1. The van der Waals surface area contributed by atoms with Crippen molar-refractivity contribution >= 4 is 39.5 Å². The number of esters is 4. The van der Waals surface area contributed by atoms with Crippen LogP contribution in [-0.2, 0) is 65.4 Å². The number of phosphoric acid groups is 2. The van der Waals surface area contributed by atoms with Gasteiger partial charge in [-0.05, 0) is 31.6 Å². The van der Waals surface area contributed by atoms with Crippen LogP contribution in [0.2, 0.25) is 0 Å². The van der Waals surface area contributed by atoms with Crippen molar-refractivity contribution in [3.8, 4) is 0 Å². The summed E-state index contributed by atoms with van der Waals surface area (Å²) in [7, 11) is -9.94. The molecule has 17 nitrogen and oxygen atoms in total. The minimum Gasteiger partial charge on any atom is -0.462 e. The Morgan fingerprint density at radius 2 is 0.397 bits per heavy atom. The van der Waals surface area contributed by atoms with Crippen LogP contribution in [0, 0.1) is 5.92 Å². The number of unbranched alkanes of at least 4 members (excludes halogenated alkanes) is 69. The molecule has 0 aliphatic carbocycles. The molecule has 3 N–H and O–H groups in total. The second-order valence-corrected chi connectivity index (χ2v) is 38.2. The lowest BCUT2D eigenvalue weighted by Gasteiger charge is -2.21. The van der Waals surface area contributed by atoms with Crippen molar-refractivity contribution < 1.29 is 80.2 Å². The minimum absolute atomic E-state index is 0.110. The highest BCUT2D eigenvalue weighted by Crippen LogP contribution is 2.45. The molecule has 0 saturated heterocycles. The fourth-order valence-corrected chi connectivity index (χ4v) is 17.0. The molecule has 0 aromatic rings. The van der Waals surface area contributed by atoms with Crippen LogP contribution in [0.3, 0.4) is 0 Å². The minimum atomic E-state index is -4.97. The van der Waals surface area contributed by atoms with E-state index in [2.05, 4.69) is 34.6 Å². The lowest BCUT2D eigenvalue weighted by Crippen LogP contribution is -2.30. The van der Waals surface area contributed by atoms with E-state index in [1.165, 1.54) is 360 Å². The lowest BCUT2D eigenvalue weighted by atomic mass is 10.0. The van der Waals surface area contributed by atoms with Crippen molar-refractivity contribution in [2.45, 2.75) is 554 Å². The van der Waals surface area contributed by atoms with Gasteiger partial charge in [-0.2, -0.15) is 0 Å². The third-order valence-electron chi connectivity index (χ3n) is 23.0. The monoisotopic (exact) mass is 1690 g/mol. The van der Waals surface area contributed by atoms with Crippen LogP contribution in [-0.4, -0.2) is 96.7 Å². The van der Waals surface area contributed by atoms with Crippen molar-refractivity contribution in [1.82, 2.24) is 0 Å². The molecule has 0 saturated carbocycles. The molecule has 0 spiro atoms. The summed E-state index contributed by atoms with van der Waals surface area (Å²) in [6.07, 6.45) is 87.7. The predicted molar refractivity (Wildman–Crippen MR) is 483 cm³/mol. The Labute approximate surface area is 715 Å². The Morgan fingerprint density at radius 3 is 0.586 bits per heavy atom. The van der Waals surface area contributed by atoms with E-state index in [1.54, 1.807) is 0 Å². The maximum Gasteiger partial charge on any atom is 0.472 e. The Balaban J connectivity index is 5.24. The molecular weight excluding hydrogens is 1500 g/mol. The first-order valence-electron chi connectivity index (χ1n) is 50.1. The molecule has 690 valence electrons. The molecule has 0 rings (SSSR count). The standard InChI is InChI=1S/C97H190O17P2/c1-6-9-12-15-18-21-24-27-29-31-33-35-37-42-46-51-56-61-66-71-76-81-95(100)108-87-93(114-97(102)83-78-73-68-63-58-53-48-44-40-39-41-45-50-54-59-64-69-74-79-90(4)5)89-112-116(105,106)110-85-91(98)84-109-115(103,104)111-88-92(86-107-94(99)80-75-70-65-60-55-49-26-23-20-17-14-11-8-3)113-96(101)82-77-72-67-62-57-52-47-43-38-36-34-32-30-28-25-22-19-16-13-10-7-2/h90-93,98H,6-89H2,1-5H3,(H,103,104)(H,105,106)/t91-,92+,93+/m0/s1. The Hall–Kier alpha value is -1.94. The van der Waals surface area contributed by atoms with Crippen molar-refractivity contribution in [3.05, 3.63) is 0 Å². The molecule has 0 aromatic carbocycles. The summed E-state index contributed by atoms with van der Waals surface area (Å²) >= 11 is 0. The first-order valence-corrected chi connectivity index (χ1v) is 53.1. The van der Waals surface area contributed by atoms with E-state index >= 15 is 0 Å². The van der Waals surface area contributed by atoms with E-state index in [4.69, 9.17) is 37.0 Å². The van der Waals surface area contributed by atoms with Crippen molar-refractivity contribution in [3.63, 3.8) is 0 Å². The second-order valence-electron chi connectivity index (χ2n) is 35.3. The number of rotatable bonds is 97. The van der Waals surface area contributed by atoms with Gasteiger partial charge in [-0.3, -0.25) is 37.3 Å². The summed E-state index contributed by atoms with van der Waals surface area (Å²) in [6.45, 7) is 7.47. The van der Waals surface area contributed by atoms with E-state index in [-0.39, 0.29) is 25.7 Å². The van der Waals surface area contributed by atoms with E-state index in [0.717, 1.165) is 95.8 Å². The average molecular weight is 1690 g/mol. The Kier molecular flexibility index (Phi) is 87.8. The van der Waals surface area contributed by atoms with E-state index < -0.39 is 97.5 Å². The molecule has 0 bridgehead atoms. The highest BCUT2D eigenvalue weighted by molar-refractivity contribution is 7.47. The van der Waals surface area contributed by atoms with Gasteiger partial charge in [-0.25, -0.2) is 9.13 Å². The number of phosphoric ester groups is 2. The third-order valence-corrected chi connectivity index (χ3v) is 24.9. The predicted octanol–water partition coefficient (Wildman–Crippen LogP) is 30.7. The molecule has 19 heteroatoms. The van der Waals surface area contributed by atoms with Gasteiger partial charge in [0.25, 0.3) is 0 Å². The highest BCUT2D eigenvalue weighted by Gasteiger charge is 2.31. The third kappa shape index (κ3) is 89.8. The fourth-order valence-electron chi connectivity index (χ4n) is 15.4. The van der Waals surface area contributed by atoms with Gasteiger partial charge in [-0.1, -0.05) is 484 Å². The number of hydrogen-bond acceptors (Lipinski definition) is 15. The van der Waals surface area contributed by atoms with Gasteiger partial charge in [0.1, 0.15) is 19.3 Å². The van der Waals surface area contributed by atoms with Crippen molar-refractivity contribution in [2.24, 2.45) is 5.92 Å². The molecule has 0 aromatic heterocycles. The van der Waals surface area contributed by atoms with Gasteiger partial charge in [0.05, 0.1) is 26.4 Å². The molecule has 0 aliphatic heterocycles. The van der Waals surface area contributed by atoms with Gasteiger partial charge in [0.15, 0.2) is 12.2 Å². The van der Waals surface area contributed by atoms with Crippen LogP contribution in [0.5, 0.6) is 0 Å². The molecule has 2 unspecified atom stereocenters. The molecule has 116 heavy (non-hydrogen) atoms. The average Bonchev–Trinajstić information content (AvgIpc) is 0.897. The molecule has 0 amide bonds. The van der Waals surface area contributed by atoms with Crippen LogP contribution in [0.1, 0.15) is 535 Å². The SMILES string of the molecule is CCCCCCCCCCCCCCCCCCCCCCCC(=O)OC[C@H](COP(=O)(O)OC[C@@H](O)COP(=O)(O)OC[C@@H](COC(=O)CCCCCCCCCCCCCCC)OC(=O)CCCCCCCCCCCCCCCCCCCCCCC)OC(=O)CCCCCCCCCCCCCCCCCCCCC(C)C. The summed E-state index contributed by atoms with van der Waals surface area (Å²) in [5.74, 6) is -1.27. The normalized spacial score (nSPS) is 13.6. The zero-order chi connectivity index (χ0) is 84.7. The topological polar surface area (TPSA) is 237 Å². The smallest absolute Gasteiger partial charge is 0.462 e. The molecule has 0 radical (unpaired) electrons.